The van der Waals surface area contributed by atoms with Crippen LogP contribution in [0, 0.1) is 0 Å². The van der Waals surface area contributed by atoms with E-state index in [9.17, 15) is 9.59 Å². The number of aromatic nitrogens is 2. The second-order valence-electron chi connectivity index (χ2n) is 7.37. The number of hydrogen-bond donors (Lipinski definition) is 1. The molecule has 8 heteroatoms. The van der Waals surface area contributed by atoms with Crippen molar-refractivity contribution >= 4 is 23.3 Å². The number of amides is 1. The molecule has 0 saturated carbocycles. The van der Waals surface area contributed by atoms with Crippen molar-refractivity contribution in [2.45, 2.75) is 19.3 Å². The number of rotatable bonds is 7. The Morgan fingerprint density at radius 2 is 1.75 bits per heavy atom. The molecule has 1 N–H and O–H groups in total. The first-order chi connectivity index (χ1) is 15.7. The Morgan fingerprint density at radius 1 is 0.969 bits per heavy atom. The van der Waals surface area contributed by atoms with Crippen LogP contribution < -0.4 is 15.0 Å². The minimum absolute atomic E-state index is 0.0826. The van der Waals surface area contributed by atoms with Crippen LogP contribution in [0.5, 0.6) is 11.6 Å². The number of piperidine rings is 1. The number of ether oxygens (including phenoxy) is 2. The number of hydrogen-bond acceptors (Lipinski definition) is 7. The first-order valence-corrected chi connectivity index (χ1v) is 10.5. The number of carbonyl (C=O) groups is 2. The molecule has 1 saturated heterocycles. The van der Waals surface area contributed by atoms with Crippen molar-refractivity contribution in [3.8, 4) is 11.6 Å². The topological polar surface area (TPSA) is 93.7 Å². The van der Waals surface area contributed by atoms with Crippen molar-refractivity contribution in [3.05, 3.63) is 72.7 Å². The molecule has 0 spiro atoms. The highest BCUT2D eigenvalue weighted by molar-refractivity contribution is 5.96. The standard InChI is InChI=1S/C24H24N4O4/c29-22(27-18-8-10-19(11-9-18)28-14-2-1-3-15-28)17-31-24(30)21-7-5-13-26-23(21)32-20-6-4-12-25-16-20/h4-13,16H,1-3,14-15,17H2,(H,27,29). The summed E-state index contributed by atoms with van der Waals surface area (Å²) < 4.78 is 10.8. The average Bonchev–Trinajstić information content (AvgIpc) is 2.84. The van der Waals surface area contributed by atoms with Crippen molar-refractivity contribution in [1.29, 1.82) is 0 Å². The second kappa shape index (κ2) is 10.4. The van der Waals surface area contributed by atoms with E-state index in [4.69, 9.17) is 9.47 Å². The van der Waals surface area contributed by atoms with Gasteiger partial charge in [0.1, 0.15) is 11.3 Å². The summed E-state index contributed by atoms with van der Waals surface area (Å²) in [4.78, 5) is 35.1. The highest BCUT2D eigenvalue weighted by atomic mass is 16.5. The Hall–Kier alpha value is -3.94. The molecular formula is C24H24N4O4. The molecule has 8 nitrogen and oxygen atoms in total. The largest absolute Gasteiger partial charge is 0.452 e. The maximum atomic E-state index is 12.5. The van der Waals surface area contributed by atoms with Gasteiger partial charge >= 0.3 is 5.97 Å². The van der Waals surface area contributed by atoms with E-state index >= 15 is 0 Å². The van der Waals surface area contributed by atoms with Crippen molar-refractivity contribution < 1.29 is 19.1 Å². The number of nitrogens with one attached hydrogen (secondary N) is 1. The number of benzene rings is 1. The van der Waals surface area contributed by atoms with Gasteiger partial charge in [-0.1, -0.05) is 0 Å². The summed E-state index contributed by atoms with van der Waals surface area (Å²) in [6.07, 6.45) is 8.31. The van der Waals surface area contributed by atoms with E-state index in [-0.39, 0.29) is 11.4 Å². The fraction of sp³-hybridized carbons (Fsp3) is 0.250. The van der Waals surface area contributed by atoms with Crippen LogP contribution in [0.1, 0.15) is 29.6 Å². The molecule has 1 fully saturated rings. The summed E-state index contributed by atoms with van der Waals surface area (Å²) >= 11 is 0. The van der Waals surface area contributed by atoms with Crippen LogP contribution in [0.2, 0.25) is 0 Å². The zero-order valence-electron chi connectivity index (χ0n) is 17.6. The van der Waals surface area contributed by atoms with Gasteiger partial charge in [0.2, 0.25) is 5.88 Å². The van der Waals surface area contributed by atoms with E-state index in [1.807, 2.05) is 24.3 Å². The van der Waals surface area contributed by atoms with Gasteiger partial charge in [-0.3, -0.25) is 9.78 Å². The normalized spacial score (nSPS) is 13.3. The van der Waals surface area contributed by atoms with Gasteiger partial charge in [0.25, 0.3) is 5.91 Å². The Kier molecular flexibility index (Phi) is 6.91. The van der Waals surface area contributed by atoms with E-state index in [0.29, 0.717) is 11.4 Å². The highest BCUT2D eigenvalue weighted by Gasteiger charge is 2.17. The van der Waals surface area contributed by atoms with Crippen molar-refractivity contribution in [3.63, 3.8) is 0 Å². The molecule has 0 atom stereocenters. The summed E-state index contributed by atoms with van der Waals surface area (Å²) in [7, 11) is 0. The van der Waals surface area contributed by atoms with Crippen LogP contribution in [0.3, 0.4) is 0 Å². The lowest BCUT2D eigenvalue weighted by atomic mass is 10.1. The van der Waals surface area contributed by atoms with E-state index in [1.54, 1.807) is 24.4 Å². The fourth-order valence-electron chi connectivity index (χ4n) is 3.46. The van der Waals surface area contributed by atoms with Gasteiger partial charge < -0.3 is 19.7 Å². The van der Waals surface area contributed by atoms with Crippen molar-refractivity contribution in [1.82, 2.24) is 9.97 Å². The molecule has 0 aliphatic carbocycles. The SMILES string of the molecule is O=C(COC(=O)c1cccnc1Oc1cccnc1)Nc1ccc(N2CCCCC2)cc1. The minimum Gasteiger partial charge on any atom is -0.452 e. The number of anilines is 2. The number of carbonyl (C=O) groups excluding carboxylic acids is 2. The van der Waals surface area contributed by atoms with Crippen LogP contribution in [0.25, 0.3) is 0 Å². The van der Waals surface area contributed by atoms with Crippen molar-refractivity contribution in [2.75, 3.05) is 29.9 Å². The predicted molar refractivity (Wildman–Crippen MR) is 120 cm³/mol. The van der Waals surface area contributed by atoms with Crippen LogP contribution in [-0.4, -0.2) is 41.5 Å². The summed E-state index contributed by atoms with van der Waals surface area (Å²) in [6.45, 7) is 1.69. The van der Waals surface area contributed by atoms with Gasteiger partial charge in [0, 0.05) is 36.9 Å². The lowest BCUT2D eigenvalue weighted by Gasteiger charge is -2.28. The molecule has 2 aromatic heterocycles. The Morgan fingerprint density at radius 3 is 2.50 bits per heavy atom. The number of pyridine rings is 2. The second-order valence-corrected chi connectivity index (χ2v) is 7.37. The quantitative estimate of drug-likeness (QED) is 0.563. The monoisotopic (exact) mass is 432 g/mol. The van der Waals surface area contributed by atoms with Crippen molar-refractivity contribution in [2.24, 2.45) is 0 Å². The molecule has 0 bridgehead atoms. The van der Waals surface area contributed by atoms with E-state index in [2.05, 4.69) is 20.2 Å². The van der Waals surface area contributed by atoms with Crippen LogP contribution in [0.15, 0.2) is 67.1 Å². The van der Waals surface area contributed by atoms with Gasteiger partial charge in [-0.05, 0) is 67.8 Å². The van der Waals surface area contributed by atoms with Crippen LogP contribution in [0.4, 0.5) is 11.4 Å². The molecule has 1 aliphatic heterocycles. The first kappa shape index (κ1) is 21.3. The lowest BCUT2D eigenvalue weighted by Crippen LogP contribution is -2.29. The maximum Gasteiger partial charge on any atom is 0.344 e. The molecule has 1 aliphatic rings. The molecule has 1 aromatic carbocycles. The average molecular weight is 432 g/mol. The lowest BCUT2D eigenvalue weighted by molar-refractivity contribution is -0.119. The summed E-state index contributed by atoms with van der Waals surface area (Å²) in [5, 5.41) is 2.74. The molecule has 1 amide bonds. The predicted octanol–water partition coefficient (Wildman–Crippen LogP) is 4.05. The van der Waals surface area contributed by atoms with E-state index in [0.717, 1.165) is 18.8 Å². The summed E-state index contributed by atoms with van der Waals surface area (Å²) in [6, 6.07) is 14.2. The molecular weight excluding hydrogens is 408 g/mol. The summed E-state index contributed by atoms with van der Waals surface area (Å²) in [5.74, 6) is -0.611. The van der Waals surface area contributed by atoms with E-state index in [1.165, 1.54) is 37.7 Å². The van der Waals surface area contributed by atoms with Gasteiger partial charge in [-0.25, -0.2) is 9.78 Å². The van der Waals surface area contributed by atoms with Gasteiger partial charge in [0.15, 0.2) is 6.61 Å². The number of nitrogens with zero attached hydrogens (tertiary/aromatic N) is 3. The molecule has 3 aromatic rings. The molecule has 0 radical (unpaired) electrons. The van der Waals surface area contributed by atoms with Crippen LogP contribution >= 0.6 is 0 Å². The molecule has 32 heavy (non-hydrogen) atoms. The fourth-order valence-corrected chi connectivity index (χ4v) is 3.46. The number of esters is 1. The third-order valence-corrected chi connectivity index (χ3v) is 5.05. The Bertz CT molecular complexity index is 1050. The van der Waals surface area contributed by atoms with Gasteiger partial charge in [0.05, 0.1) is 6.20 Å². The zero-order chi connectivity index (χ0) is 22.2. The molecule has 3 heterocycles. The third kappa shape index (κ3) is 5.60. The molecule has 0 unspecified atom stereocenters. The zero-order valence-corrected chi connectivity index (χ0v) is 17.6. The highest BCUT2D eigenvalue weighted by Crippen LogP contribution is 2.23. The van der Waals surface area contributed by atoms with Crippen LogP contribution in [-0.2, 0) is 9.53 Å². The Labute approximate surface area is 186 Å². The minimum atomic E-state index is -0.701. The Balaban J connectivity index is 1.31. The van der Waals surface area contributed by atoms with E-state index < -0.39 is 18.5 Å². The van der Waals surface area contributed by atoms with Gasteiger partial charge in [-0.15, -0.1) is 0 Å². The first-order valence-electron chi connectivity index (χ1n) is 10.5. The maximum absolute atomic E-state index is 12.5. The van der Waals surface area contributed by atoms with Gasteiger partial charge in [-0.2, -0.15) is 0 Å². The molecule has 164 valence electrons. The summed E-state index contributed by atoms with van der Waals surface area (Å²) in [5.41, 5.74) is 1.91. The smallest absolute Gasteiger partial charge is 0.344 e. The third-order valence-electron chi connectivity index (χ3n) is 5.05. The molecule has 4 rings (SSSR count).